The largest absolute Gasteiger partial charge is 0.351 e. The lowest BCUT2D eigenvalue weighted by molar-refractivity contribution is 0.0949. The summed E-state index contributed by atoms with van der Waals surface area (Å²) in [4.78, 5) is 19.4. The van der Waals surface area contributed by atoms with Crippen molar-refractivity contribution in [2.75, 3.05) is 4.90 Å². The van der Waals surface area contributed by atoms with Crippen LogP contribution in [0.5, 0.6) is 0 Å². The highest BCUT2D eigenvalue weighted by atomic mass is 32.1. The van der Waals surface area contributed by atoms with Crippen LogP contribution in [0.4, 0.5) is 5.13 Å². The second kappa shape index (κ2) is 6.72. The summed E-state index contributed by atoms with van der Waals surface area (Å²) < 4.78 is 6.16. The van der Waals surface area contributed by atoms with Gasteiger partial charge in [0.2, 0.25) is 5.76 Å². The molecule has 0 saturated heterocycles. The Hall–Kier alpha value is -2.99. The smallest absolute Gasteiger partial charge is 0.298 e. The molecule has 4 rings (SSSR count). The summed E-state index contributed by atoms with van der Waals surface area (Å²) in [6.07, 6.45) is 1.47. The summed E-state index contributed by atoms with van der Waals surface area (Å²) in [6.45, 7) is 4.52. The normalized spacial score (nSPS) is 11.0. The highest BCUT2D eigenvalue weighted by Gasteiger charge is 2.24. The molecule has 0 aliphatic rings. The molecule has 2 aromatic carbocycles. The molecule has 0 unspecified atom stereocenters. The van der Waals surface area contributed by atoms with E-state index in [1.807, 2.05) is 37.3 Å². The average molecular weight is 363 g/mol. The van der Waals surface area contributed by atoms with Gasteiger partial charge in [0.05, 0.1) is 23.0 Å². The third-order valence-electron chi connectivity index (χ3n) is 4.13. The Balaban J connectivity index is 1.79. The van der Waals surface area contributed by atoms with Crippen LogP contribution in [0.1, 0.15) is 27.2 Å². The van der Waals surface area contributed by atoms with Gasteiger partial charge in [0.15, 0.2) is 5.13 Å². The first kappa shape index (κ1) is 16.5. The van der Waals surface area contributed by atoms with Crippen molar-refractivity contribution in [3.8, 4) is 0 Å². The van der Waals surface area contributed by atoms with E-state index in [1.54, 1.807) is 11.0 Å². The van der Waals surface area contributed by atoms with Gasteiger partial charge in [0, 0.05) is 6.07 Å². The molecule has 0 spiro atoms. The molecule has 0 atom stereocenters. The van der Waals surface area contributed by atoms with Gasteiger partial charge < -0.3 is 4.52 Å². The van der Waals surface area contributed by atoms with E-state index in [9.17, 15) is 4.79 Å². The number of fused-ring (bicyclic) bond motifs is 1. The van der Waals surface area contributed by atoms with Crippen molar-refractivity contribution < 1.29 is 9.32 Å². The third-order valence-corrected chi connectivity index (χ3v) is 5.15. The number of carbonyl (C=O) groups is 1. The summed E-state index contributed by atoms with van der Waals surface area (Å²) in [6, 6.07) is 15.6. The van der Waals surface area contributed by atoms with E-state index in [4.69, 9.17) is 9.51 Å². The quantitative estimate of drug-likeness (QED) is 0.525. The molecule has 0 radical (unpaired) electrons. The standard InChI is InChI=1S/C20H17N3O2S/c1-13-10-14(2)18-17(11-13)26-20(22-18)23(12-15-6-4-3-5-7-15)19(24)16-8-9-21-25-16/h3-11H,12H2,1-2H3. The minimum Gasteiger partial charge on any atom is -0.351 e. The molecule has 2 aromatic heterocycles. The van der Waals surface area contributed by atoms with Crippen molar-refractivity contribution in [3.63, 3.8) is 0 Å². The van der Waals surface area contributed by atoms with Crippen molar-refractivity contribution in [2.45, 2.75) is 20.4 Å². The Bertz CT molecular complexity index is 1060. The first-order valence-electron chi connectivity index (χ1n) is 8.26. The van der Waals surface area contributed by atoms with Crippen LogP contribution in [-0.4, -0.2) is 16.0 Å². The number of carbonyl (C=O) groups excluding carboxylic acids is 1. The zero-order valence-electron chi connectivity index (χ0n) is 14.5. The van der Waals surface area contributed by atoms with Crippen LogP contribution in [0.25, 0.3) is 10.2 Å². The van der Waals surface area contributed by atoms with Crippen LogP contribution in [0.2, 0.25) is 0 Å². The van der Waals surface area contributed by atoms with E-state index in [2.05, 4.69) is 24.2 Å². The van der Waals surface area contributed by atoms with E-state index in [0.29, 0.717) is 11.7 Å². The molecule has 6 heteroatoms. The van der Waals surface area contributed by atoms with E-state index in [0.717, 1.165) is 21.3 Å². The Morgan fingerprint density at radius 2 is 1.96 bits per heavy atom. The fourth-order valence-electron chi connectivity index (χ4n) is 2.93. The number of hydrogen-bond donors (Lipinski definition) is 0. The molecule has 130 valence electrons. The summed E-state index contributed by atoms with van der Waals surface area (Å²) in [5, 5.41) is 4.31. The Morgan fingerprint density at radius 3 is 2.69 bits per heavy atom. The lowest BCUT2D eigenvalue weighted by Crippen LogP contribution is -2.30. The maximum atomic E-state index is 13.0. The Labute approximate surface area is 154 Å². The predicted molar refractivity (Wildman–Crippen MR) is 103 cm³/mol. The summed E-state index contributed by atoms with van der Waals surface area (Å²) in [5.41, 5.74) is 4.24. The van der Waals surface area contributed by atoms with Crippen LogP contribution >= 0.6 is 11.3 Å². The van der Waals surface area contributed by atoms with E-state index in [1.165, 1.54) is 23.1 Å². The average Bonchev–Trinajstić information content (AvgIpc) is 3.29. The van der Waals surface area contributed by atoms with Gasteiger partial charge in [0.1, 0.15) is 0 Å². The molecule has 0 aliphatic carbocycles. The lowest BCUT2D eigenvalue weighted by Gasteiger charge is -2.18. The molecular formula is C20H17N3O2S. The molecule has 0 fully saturated rings. The van der Waals surface area contributed by atoms with Crippen molar-refractivity contribution in [1.82, 2.24) is 10.1 Å². The highest BCUT2D eigenvalue weighted by Crippen LogP contribution is 2.33. The maximum Gasteiger partial charge on any atom is 0.298 e. The molecular weight excluding hydrogens is 346 g/mol. The topological polar surface area (TPSA) is 59.2 Å². The van der Waals surface area contributed by atoms with Crippen LogP contribution in [0.3, 0.4) is 0 Å². The van der Waals surface area contributed by atoms with Gasteiger partial charge in [-0.05, 0) is 36.6 Å². The van der Waals surface area contributed by atoms with Crippen LogP contribution < -0.4 is 4.90 Å². The van der Waals surface area contributed by atoms with Crippen molar-refractivity contribution >= 4 is 32.6 Å². The van der Waals surface area contributed by atoms with Gasteiger partial charge in [-0.3, -0.25) is 9.69 Å². The number of rotatable bonds is 4. The molecule has 0 N–H and O–H groups in total. The van der Waals surface area contributed by atoms with E-state index < -0.39 is 0 Å². The monoisotopic (exact) mass is 363 g/mol. The SMILES string of the molecule is Cc1cc(C)c2nc(N(Cc3ccccc3)C(=O)c3ccno3)sc2c1. The molecule has 5 nitrogen and oxygen atoms in total. The molecule has 0 bridgehead atoms. The number of benzene rings is 2. The van der Waals surface area contributed by atoms with E-state index in [-0.39, 0.29) is 11.7 Å². The number of amides is 1. The van der Waals surface area contributed by atoms with Crippen molar-refractivity contribution in [3.05, 3.63) is 77.2 Å². The number of thiazole rings is 1. The van der Waals surface area contributed by atoms with Gasteiger partial charge in [-0.2, -0.15) is 0 Å². The molecule has 0 aliphatic heterocycles. The summed E-state index contributed by atoms with van der Waals surface area (Å²) >= 11 is 1.51. The minimum absolute atomic E-state index is 0.202. The zero-order chi connectivity index (χ0) is 18.1. The zero-order valence-corrected chi connectivity index (χ0v) is 15.3. The Kier molecular flexibility index (Phi) is 4.26. The lowest BCUT2D eigenvalue weighted by atomic mass is 10.1. The first-order valence-corrected chi connectivity index (χ1v) is 9.08. The molecule has 26 heavy (non-hydrogen) atoms. The first-order chi connectivity index (χ1) is 12.6. The van der Waals surface area contributed by atoms with Gasteiger partial charge in [-0.15, -0.1) is 0 Å². The van der Waals surface area contributed by atoms with Crippen molar-refractivity contribution in [1.29, 1.82) is 0 Å². The molecule has 4 aromatic rings. The summed E-state index contributed by atoms with van der Waals surface area (Å²) in [7, 11) is 0. The Morgan fingerprint density at radius 1 is 1.15 bits per heavy atom. The third kappa shape index (κ3) is 3.11. The summed E-state index contributed by atoms with van der Waals surface area (Å²) in [5.74, 6) is -0.0483. The van der Waals surface area contributed by atoms with Crippen LogP contribution in [0.15, 0.2) is 59.3 Å². The fraction of sp³-hybridized carbons (Fsp3) is 0.150. The molecule has 2 heterocycles. The highest BCUT2D eigenvalue weighted by molar-refractivity contribution is 7.22. The van der Waals surface area contributed by atoms with Crippen molar-refractivity contribution in [2.24, 2.45) is 0 Å². The number of hydrogen-bond acceptors (Lipinski definition) is 5. The predicted octanol–water partition coefficient (Wildman–Crippen LogP) is 4.75. The van der Waals surface area contributed by atoms with Gasteiger partial charge in [0.25, 0.3) is 5.91 Å². The number of aryl methyl sites for hydroxylation is 2. The van der Waals surface area contributed by atoms with Gasteiger partial charge >= 0.3 is 0 Å². The van der Waals surface area contributed by atoms with Gasteiger partial charge in [-0.25, -0.2) is 4.98 Å². The number of aromatic nitrogens is 2. The second-order valence-corrected chi connectivity index (χ2v) is 7.19. The maximum absolute atomic E-state index is 13.0. The minimum atomic E-state index is -0.250. The second-order valence-electron chi connectivity index (χ2n) is 6.18. The van der Waals surface area contributed by atoms with Gasteiger partial charge in [-0.1, -0.05) is 52.9 Å². The van der Waals surface area contributed by atoms with E-state index >= 15 is 0 Å². The number of anilines is 1. The molecule has 0 saturated carbocycles. The fourth-order valence-corrected chi connectivity index (χ4v) is 4.07. The van der Waals surface area contributed by atoms with Crippen LogP contribution in [0, 0.1) is 13.8 Å². The number of nitrogens with zero attached hydrogens (tertiary/aromatic N) is 3. The van der Waals surface area contributed by atoms with Crippen LogP contribution in [-0.2, 0) is 6.54 Å². The molecule has 1 amide bonds.